The normalized spacial score (nSPS) is 26.9. The number of carboxylic acids is 2. The van der Waals surface area contributed by atoms with E-state index in [1.807, 2.05) is 0 Å². The summed E-state index contributed by atoms with van der Waals surface area (Å²) in [6.07, 6.45) is 1.69. The third-order valence-electron chi connectivity index (χ3n) is 4.17. The summed E-state index contributed by atoms with van der Waals surface area (Å²) in [5.41, 5.74) is -1.59. The topological polar surface area (TPSA) is 101 Å². The summed E-state index contributed by atoms with van der Waals surface area (Å²) in [6, 6.07) is 0. The first kappa shape index (κ1) is 17.2. The highest BCUT2D eigenvalue weighted by molar-refractivity contribution is 5.86. The van der Waals surface area contributed by atoms with E-state index in [1.54, 1.807) is 13.8 Å². The lowest BCUT2D eigenvalue weighted by Crippen LogP contribution is -2.55. The molecular formula is C15H22O6. The van der Waals surface area contributed by atoms with Crippen LogP contribution in [0, 0.1) is 17.3 Å². The van der Waals surface area contributed by atoms with Gasteiger partial charge in [0.25, 0.3) is 0 Å². The first-order valence-electron chi connectivity index (χ1n) is 7.06. The molecule has 0 heterocycles. The van der Waals surface area contributed by atoms with Gasteiger partial charge in [0.05, 0.1) is 5.92 Å². The second-order valence-corrected chi connectivity index (χ2v) is 5.79. The van der Waals surface area contributed by atoms with Gasteiger partial charge in [-0.25, -0.2) is 4.79 Å². The molecule has 0 radical (unpaired) electrons. The van der Waals surface area contributed by atoms with Crippen molar-refractivity contribution in [3.05, 3.63) is 12.7 Å². The Kier molecular flexibility index (Phi) is 5.52. The van der Waals surface area contributed by atoms with Gasteiger partial charge in [0, 0.05) is 6.08 Å². The molecule has 6 heteroatoms. The van der Waals surface area contributed by atoms with E-state index in [9.17, 15) is 24.6 Å². The number of hydrogen-bond acceptors (Lipinski definition) is 4. The second-order valence-electron chi connectivity index (χ2n) is 5.79. The van der Waals surface area contributed by atoms with Gasteiger partial charge in [-0.15, -0.1) is 0 Å². The Morgan fingerprint density at radius 3 is 2.33 bits per heavy atom. The molecule has 118 valence electrons. The maximum Gasteiger partial charge on any atom is 0.330 e. The lowest BCUT2D eigenvalue weighted by atomic mass is 9.61. The summed E-state index contributed by atoms with van der Waals surface area (Å²) in [4.78, 5) is 35.0. The molecule has 2 N–H and O–H groups in total. The van der Waals surface area contributed by atoms with Gasteiger partial charge in [-0.2, -0.15) is 0 Å². The standard InChI is InChI=1S/C15H22O6/c1-4-11(16)21-12(9(2)3)15(14(19)20)8-6-5-7-10(15)13(17)18/h4,9-10,12H,1,5-8H2,2-3H3,(H,17,18)(H,19,20). The molecule has 1 fully saturated rings. The van der Waals surface area contributed by atoms with Gasteiger partial charge in [-0.05, 0) is 18.8 Å². The van der Waals surface area contributed by atoms with Crippen LogP contribution in [0.4, 0.5) is 0 Å². The number of aliphatic carboxylic acids is 2. The second kappa shape index (κ2) is 6.74. The summed E-state index contributed by atoms with van der Waals surface area (Å²) in [7, 11) is 0. The zero-order valence-corrected chi connectivity index (χ0v) is 12.4. The Morgan fingerprint density at radius 1 is 1.29 bits per heavy atom. The van der Waals surface area contributed by atoms with Gasteiger partial charge in [0.1, 0.15) is 11.5 Å². The predicted molar refractivity (Wildman–Crippen MR) is 74.6 cm³/mol. The third kappa shape index (κ3) is 3.25. The molecule has 0 aromatic heterocycles. The van der Waals surface area contributed by atoms with E-state index in [4.69, 9.17) is 4.74 Å². The molecule has 3 unspecified atom stereocenters. The van der Waals surface area contributed by atoms with Crippen LogP contribution in [0.25, 0.3) is 0 Å². The van der Waals surface area contributed by atoms with E-state index in [1.165, 1.54) is 0 Å². The molecule has 1 rings (SSSR count). The molecule has 1 aliphatic rings. The Balaban J connectivity index is 3.32. The first-order chi connectivity index (χ1) is 9.77. The maximum atomic E-state index is 11.9. The molecule has 0 aliphatic heterocycles. The molecule has 0 aromatic carbocycles. The first-order valence-corrected chi connectivity index (χ1v) is 7.06. The molecule has 0 aromatic rings. The van der Waals surface area contributed by atoms with Crippen LogP contribution in [0.1, 0.15) is 39.5 Å². The molecular weight excluding hydrogens is 276 g/mol. The van der Waals surface area contributed by atoms with Gasteiger partial charge >= 0.3 is 17.9 Å². The van der Waals surface area contributed by atoms with E-state index in [-0.39, 0.29) is 18.8 Å². The Bertz CT molecular complexity index is 441. The summed E-state index contributed by atoms with van der Waals surface area (Å²) in [6.45, 7) is 6.74. The summed E-state index contributed by atoms with van der Waals surface area (Å²) >= 11 is 0. The number of rotatable bonds is 6. The van der Waals surface area contributed by atoms with Crippen molar-refractivity contribution in [3.63, 3.8) is 0 Å². The van der Waals surface area contributed by atoms with Gasteiger partial charge in [-0.1, -0.05) is 33.3 Å². The fourth-order valence-corrected chi connectivity index (χ4v) is 3.27. The summed E-state index contributed by atoms with van der Waals surface area (Å²) in [5, 5.41) is 19.2. The van der Waals surface area contributed by atoms with Crippen molar-refractivity contribution >= 4 is 17.9 Å². The van der Waals surface area contributed by atoms with Crippen LogP contribution in [0.3, 0.4) is 0 Å². The SMILES string of the molecule is C=CC(=O)OC(C(C)C)C1(C(=O)O)CCCCC1C(=O)O. The molecule has 21 heavy (non-hydrogen) atoms. The van der Waals surface area contributed by atoms with E-state index in [0.29, 0.717) is 12.8 Å². The molecule has 0 bridgehead atoms. The Labute approximate surface area is 123 Å². The Hall–Kier alpha value is -1.85. The molecule has 1 saturated carbocycles. The zero-order valence-electron chi connectivity index (χ0n) is 12.4. The fraction of sp³-hybridized carbons (Fsp3) is 0.667. The number of ether oxygens (including phenoxy) is 1. The monoisotopic (exact) mass is 298 g/mol. The highest BCUT2D eigenvalue weighted by Crippen LogP contribution is 2.47. The average molecular weight is 298 g/mol. The van der Waals surface area contributed by atoms with Crippen LogP contribution >= 0.6 is 0 Å². The molecule has 0 saturated heterocycles. The number of carbonyl (C=O) groups excluding carboxylic acids is 1. The van der Waals surface area contributed by atoms with Crippen molar-refractivity contribution in [2.75, 3.05) is 0 Å². The van der Waals surface area contributed by atoms with Crippen molar-refractivity contribution in [2.45, 2.75) is 45.6 Å². The van der Waals surface area contributed by atoms with E-state index >= 15 is 0 Å². The number of esters is 1. The largest absolute Gasteiger partial charge is 0.481 e. The van der Waals surface area contributed by atoms with Crippen molar-refractivity contribution in [1.82, 2.24) is 0 Å². The lowest BCUT2D eigenvalue weighted by Gasteiger charge is -2.44. The van der Waals surface area contributed by atoms with Crippen molar-refractivity contribution < 1.29 is 29.3 Å². The number of carboxylic acid groups (broad SMARTS) is 2. The van der Waals surface area contributed by atoms with Crippen LogP contribution in [0.5, 0.6) is 0 Å². The molecule has 0 amide bonds. The van der Waals surface area contributed by atoms with E-state index in [2.05, 4.69) is 6.58 Å². The predicted octanol–water partition coefficient (Wildman–Crippen LogP) is 2.09. The fourth-order valence-electron chi connectivity index (χ4n) is 3.27. The number of carbonyl (C=O) groups is 3. The van der Waals surface area contributed by atoms with E-state index in [0.717, 1.165) is 6.08 Å². The van der Waals surface area contributed by atoms with Crippen LogP contribution in [0.15, 0.2) is 12.7 Å². The van der Waals surface area contributed by atoms with Crippen molar-refractivity contribution in [3.8, 4) is 0 Å². The van der Waals surface area contributed by atoms with Gasteiger partial charge in [-0.3, -0.25) is 9.59 Å². The van der Waals surface area contributed by atoms with Gasteiger partial charge < -0.3 is 14.9 Å². The molecule has 3 atom stereocenters. The average Bonchev–Trinajstić information content (AvgIpc) is 2.43. The van der Waals surface area contributed by atoms with E-state index < -0.39 is 35.3 Å². The van der Waals surface area contributed by atoms with Crippen LogP contribution in [-0.2, 0) is 19.1 Å². The molecule has 1 aliphatic carbocycles. The van der Waals surface area contributed by atoms with Crippen molar-refractivity contribution in [2.24, 2.45) is 17.3 Å². The van der Waals surface area contributed by atoms with Gasteiger partial charge in [0.2, 0.25) is 0 Å². The highest BCUT2D eigenvalue weighted by atomic mass is 16.5. The minimum Gasteiger partial charge on any atom is -0.481 e. The van der Waals surface area contributed by atoms with Gasteiger partial charge in [0.15, 0.2) is 0 Å². The quantitative estimate of drug-likeness (QED) is 0.575. The third-order valence-corrected chi connectivity index (χ3v) is 4.17. The van der Waals surface area contributed by atoms with Crippen LogP contribution < -0.4 is 0 Å². The van der Waals surface area contributed by atoms with Crippen LogP contribution in [0.2, 0.25) is 0 Å². The van der Waals surface area contributed by atoms with Crippen LogP contribution in [-0.4, -0.2) is 34.2 Å². The molecule has 6 nitrogen and oxygen atoms in total. The maximum absolute atomic E-state index is 11.9. The van der Waals surface area contributed by atoms with Crippen molar-refractivity contribution in [1.29, 1.82) is 0 Å². The number of hydrogen-bond donors (Lipinski definition) is 2. The summed E-state index contributed by atoms with van der Waals surface area (Å²) < 4.78 is 5.24. The summed E-state index contributed by atoms with van der Waals surface area (Å²) in [5.74, 6) is -4.48. The minimum atomic E-state index is -1.59. The lowest BCUT2D eigenvalue weighted by molar-refractivity contribution is -0.188. The minimum absolute atomic E-state index is 0.187. The highest BCUT2D eigenvalue weighted by Gasteiger charge is 2.58. The molecule has 0 spiro atoms. The smallest absolute Gasteiger partial charge is 0.330 e. The zero-order chi connectivity index (χ0) is 16.2. The Morgan fingerprint density at radius 2 is 1.90 bits per heavy atom.